The van der Waals surface area contributed by atoms with E-state index in [-0.39, 0.29) is 5.89 Å². The Kier molecular flexibility index (Phi) is 5.95. The van der Waals surface area contributed by atoms with E-state index in [0.717, 1.165) is 55.3 Å². The lowest BCUT2D eigenvalue weighted by Gasteiger charge is -2.26. The smallest absolute Gasteiger partial charge is 0.314 e. The van der Waals surface area contributed by atoms with Crippen LogP contribution in [0.25, 0.3) is 33.6 Å². The van der Waals surface area contributed by atoms with Gasteiger partial charge in [-0.2, -0.15) is 8.78 Å². The normalized spacial score (nSPS) is 14.8. The molecule has 0 spiro atoms. The third kappa shape index (κ3) is 4.60. The molecule has 1 aliphatic rings. The van der Waals surface area contributed by atoms with Crippen molar-refractivity contribution < 1.29 is 17.9 Å². The summed E-state index contributed by atoms with van der Waals surface area (Å²) >= 11 is 0. The molecule has 184 valence electrons. The van der Waals surface area contributed by atoms with E-state index in [1.807, 2.05) is 6.20 Å². The first-order valence-corrected chi connectivity index (χ1v) is 11.5. The monoisotopic (exact) mass is 492 g/mol. The Hall–Kier alpha value is -4.03. The number of aromatic nitrogens is 7. The second kappa shape index (κ2) is 9.55. The third-order valence-electron chi connectivity index (χ3n) is 6.12. The molecule has 6 rings (SSSR count). The number of aromatic amines is 1. The Labute approximate surface area is 203 Å². The summed E-state index contributed by atoms with van der Waals surface area (Å²) in [5.41, 5.74) is 5.22. The summed E-state index contributed by atoms with van der Waals surface area (Å²) in [5, 5.41) is 16.7. The molecule has 1 aliphatic heterocycles. The molecule has 5 aromatic rings. The molecule has 0 bridgehead atoms. The largest absolute Gasteiger partial charge is 0.415 e. The molecule has 5 heterocycles. The molecule has 36 heavy (non-hydrogen) atoms. The van der Waals surface area contributed by atoms with Crippen LogP contribution >= 0.6 is 0 Å². The van der Waals surface area contributed by atoms with Crippen LogP contribution in [0, 0.1) is 0 Å². The van der Waals surface area contributed by atoms with Gasteiger partial charge >= 0.3 is 6.43 Å². The molecule has 0 radical (unpaired) electrons. The lowest BCUT2D eigenvalue weighted by atomic mass is 10.1. The minimum absolute atomic E-state index is 0.000188. The number of hydrogen-bond donors (Lipinski definition) is 1. The van der Waals surface area contributed by atoms with E-state index in [1.165, 1.54) is 17.1 Å². The van der Waals surface area contributed by atoms with Gasteiger partial charge in [0.05, 0.1) is 37.2 Å². The average Bonchev–Trinajstić information content (AvgIpc) is 3.66. The number of rotatable bonds is 7. The second-order valence-electron chi connectivity index (χ2n) is 8.55. The van der Waals surface area contributed by atoms with Crippen molar-refractivity contribution in [1.29, 1.82) is 0 Å². The fourth-order valence-corrected chi connectivity index (χ4v) is 4.23. The van der Waals surface area contributed by atoms with Gasteiger partial charge in [-0.3, -0.25) is 9.88 Å². The summed E-state index contributed by atoms with van der Waals surface area (Å²) in [6.07, 6.45) is 2.62. The summed E-state index contributed by atoms with van der Waals surface area (Å²) < 4.78 is 37.4. The van der Waals surface area contributed by atoms with E-state index in [1.54, 1.807) is 16.8 Å². The Morgan fingerprint density at radius 1 is 1.00 bits per heavy atom. The van der Waals surface area contributed by atoms with E-state index < -0.39 is 12.3 Å². The van der Waals surface area contributed by atoms with Gasteiger partial charge in [-0.05, 0) is 23.8 Å². The zero-order chi connectivity index (χ0) is 24.5. The molecular formula is C24H22F2N8O2. The van der Waals surface area contributed by atoms with Crippen molar-refractivity contribution in [1.82, 2.24) is 40.1 Å². The zero-order valence-corrected chi connectivity index (χ0v) is 19.1. The highest BCUT2D eigenvalue weighted by atomic mass is 19.3. The number of hydrogen-bond acceptors (Lipinski definition) is 8. The molecule has 1 saturated heterocycles. The fourth-order valence-electron chi connectivity index (χ4n) is 4.23. The lowest BCUT2D eigenvalue weighted by molar-refractivity contribution is 0.0343. The van der Waals surface area contributed by atoms with Crippen LogP contribution in [-0.4, -0.2) is 66.4 Å². The molecule has 10 nitrogen and oxygen atoms in total. The van der Waals surface area contributed by atoms with Crippen molar-refractivity contribution in [3.05, 3.63) is 66.1 Å². The van der Waals surface area contributed by atoms with Crippen LogP contribution in [0.3, 0.4) is 0 Å². The van der Waals surface area contributed by atoms with E-state index in [2.05, 4.69) is 59.8 Å². The number of nitrogens with zero attached hydrogens (tertiary/aromatic N) is 7. The Balaban J connectivity index is 1.14. The molecule has 0 amide bonds. The maximum absolute atomic E-state index is 12.7. The van der Waals surface area contributed by atoms with Gasteiger partial charge in [-0.15, -0.1) is 15.3 Å². The number of nitrogens with one attached hydrogen (secondary N) is 1. The first-order valence-electron chi connectivity index (χ1n) is 11.5. The Bertz CT molecular complexity index is 1470. The van der Waals surface area contributed by atoms with Crippen molar-refractivity contribution in [3.8, 4) is 22.7 Å². The quantitative estimate of drug-likeness (QED) is 0.366. The van der Waals surface area contributed by atoms with Gasteiger partial charge in [0.2, 0.25) is 5.89 Å². The van der Waals surface area contributed by atoms with E-state index in [9.17, 15) is 8.78 Å². The molecule has 1 N–H and O–H groups in total. The predicted molar refractivity (Wildman–Crippen MR) is 125 cm³/mol. The van der Waals surface area contributed by atoms with E-state index in [4.69, 9.17) is 9.15 Å². The Morgan fingerprint density at radius 3 is 2.64 bits per heavy atom. The van der Waals surface area contributed by atoms with Crippen molar-refractivity contribution in [2.75, 3.05) is 26.3 Å². The van der Waals surface area contributed by atoms with Gasteiger partial charge in [0.1, 0.15) is 5.69 Å². The molecule has 0 unspecified atom stereocenters. The van der Waals surface area contributed by atoms with Gasteiger partial charge in [0, 0.05) is 48.5 Å². The van der Waals surface area contributed by atoms with Gasteiger partial charge in [0.15, 0.2) is 0 Å². The summed E-state index contributed by atoms with van der Waals surface area (Å²) in [5.74, 6) is -0.713. The number of alkyl halides is 2. The van der Waals surface area contributed by atoms with Crippen molar-refractivity contribution in [2.45, 2.75) is 19.5 Å². The molecule has 4 aromatic heterocycles. The maximum atomic E-state index is 12.7. The van der Waals surface area contributed by atoms with Crippen molar-refractivity contribution >= 4 is 10.9 Å². The number of fused-ring (bicyclic) bond motifs is 1. The molecular weight excluding hydrogens is 470 g/mol. The summed E-state index contributed by atoms with van der Waals surface area (Å²) in [6, 6.07) is 9.70. The van der Waals surface area contributed by atoms with E-state index in [0.29, 0.717) is 12.1 Å². The minimum Gasteiger partial charge on any atom is -0.415 e. The number of benzene rings is 1. The Morgan fingerprint density at radius 2 is 1.86 bits per heavy atom. The average molecular weight is 492 g/mol. The van der Waals surface area contributed by atoms with Gasteiger partial charge < -0.3 is 14.1 Å². The SMILES string of the molecule is FC(F)c1nnc(-c2ccc(Cn3cc(-c4ccc5c(CN6CCOCC6)c[nH]c5c4)nn3)nc2)o1. The first kappa shape index (κ1) is 22.4. The molecule has 1 fully saturated rings. The predicted octanol–water partition coefficient (Wildman–Crippen LogP) is 3.69. The fraction of sp³-hybridized carbons (Fsp3) is 0.292. The number of morpholine rings is 1. The standard InChI is InChI=1S/C24H22F2N8O2/c25-22(26)24-31-30-23(36-24)16-1-3-18(27-10-16)13-34-14-21(29-32-34)15-2-4-19-17(11-28-20(19)9-15)12-33-5-7-35-8-6-33/h1-4,9-11,14,22,28H,5-8,12-13H2. The van der Waals surface area contributed by atoms with Crippen molar-refractivity contribution in [2.24, 2.45) is 0 Å². The first-order chi connectivity index (χ1) is 17.6. The zero-order valence-electron chi connectivity index (χ0n) is 19.1. The molecule has 0 aliphatic carbocycles. The van der Waals surface area contributed by atoms with Gasteiger partial charge in [-0.1, -0.05) is 17.3 Å². The number of pyridine rings is 1. The molecule has 12 heteroatoms. The lowest BCUT2D eigenvalue weighted by Crippen LogP contribution is -2.35. The second-order valence-corrected chi connectivity index (χ2v) is 8.55. The summed E-state index contributed by atoms with van der Waals surface area (Å²) in [4.78, 5) is 10.1. The van der Waals surface area contributed by atoms with Crippen LogP contribution in [0.1, 0.15) is 23.6 Å². The minimum atomic E-state index is -2.81. The number of H-pyrrole nitrogens is 1. The van der Waals surface area contributed by atoms with Crippen LogP contribution in [0.15, 0.2) is 53.3 Å². The van der Waals surface area contributed by atoms with Crippen LogP contribution in [0.4, 0.5) is 8.78 Å². The highest BCUT2D eigenvalue weighted by Gasteiger charge is 2.17. The van der Waals surface area contributed by atoms with Crippen LogP contribution in [-0.2, 0) is 17.8 Å². The molecule has 0 saturated carbocycles. The highest BCUT2D eigenvalue weighted by Crippen LogP contribution is 2.26. The van der Waals surface area contributed by atoms with Crippen molar-refractivity contribution in [3.63, 3.8) is 0 Å². The van der Waals surface area contributed by atoms with E-state index >= 15 is 0 Å². The maximum Gasteiger partial charge on any atom is 0.314 e. The highest BCUT2D eigenvalue weighted by molar-refractivity contribution is 5.87. The summed E-state index contributed by atoms with van der Waals surface area (Å²) in [7, 11) is 0. The third-order valence-corrected chi connectivity index (χ3v) is 6.12. The van der Waals surface area contributed by atoms with Crippen LogP contribution in [0.5, 0.6) is 0 Å². The van der Waals surface area contributed by atoms with Crippen LogP contribution in [0.2, 0.25) is 0 Å². The van der Waals surface area contributed by atoms with Gasteiger partial charge in [-0.25, -0.2) is 4.68 Å². The molecule has 0 atom stereocenters. The molecule has 1 aromatic carbocycles. The summed E-state index contributed by atoms with van der Waals surface area (Å²) in [6.45, 7) is 4.74. The van der Waals surface area contributed by atoms with Crippen LogP contribution < -0.4 is 0 Å². The van der Waals surface area contributed by atoms with Gasteiger partial charge in [0.25, 0.3) is 5.89 Å². The topological polar surface area (TPSA) is 111 Å². The number of halogens is 2. The number of ether oxygens (including phenoxy) is 1.